The number of hydrogen-bond acceptors (Lipinski definition) is 2. The average molecular weight is 367 g/mol. The Hall–Kier alpha value is -2.77. The molecule has 2 N–H and O–H groups in total. The summed E-state index contributed by atoms with van der Waals surface area (Å²) in [7, 11) is 1.32. The molecule has 0 saturated carbocycles. The molecule has 0 aliphatic heterocycles. The molecule has 140 valence electrons. The van der Waals surface area contributed by atoms with E-state index in [-0.39, 0.29) is 5.56 Å². The van der Waals surface area contributed by atoms with Crippen LogP contribution in [-0.2, 0) is 17.8 Å². The monoisotopic (exact) mass is 367 g/mol. The van der Waals surface area contributed by atoms with Crippen molar-refractivity contribution in [3.63, 3.8) is 0 Å². The minimum absolute atomic E-state index is 0.0403. The quantitative estimate of drug-likeness (QED) is 0.851. The number of carbonyl (C=O) groups is 2. The van der Waals surface area contributed by atoms with E-state index in [0.717, 1.165) is 10.6 Å². The number of benzene rings is 1. The molecule has 1 aromatic heterocycles. The van der Waals surface area contributed by atoms with E-state index in [4.69, 9.17) is 0 Å². The number of nitrogens with one attached hydrogen (secondary N) is 2. The summed E-state index contributed by atoms with van der Waals surface area (Å²) in [5.74, 6) is -6.28. The normalized spacial score (nSPS) is 11.5. The van der Waals surface area contributed by atoms with Gasteiger partial charge in [0.1, 0.15) is 5.82 Å². The van der Waals surface area contributed by atoms with Crippen LogP contribution in [0.3, 0.4) is 0 Å². The van der Waals surface area contributed by atoms with Crippen LogP contribution in [0, 0.1) is 12.7 Å². The Kier molecular flexibility index (Phi) is 5.44. The molecular formula is C18H20F3N3O2. The van der Waals surface area contributed by atoms with Crippen molar-refractivity contribution >= 4 is 17.5 Å². The molecule has 26 heavy (non-hydrogen) atoms. The Balaban J connectivity index is 2.24. The van der Waals surface area contributed by atoms with Gasteiger partial charge in [0.25, 0.3) is 11.8 Å². The first-order valence-electron chi connectivity index (χ1n) is 7.95. The molecule has 0 bridgehead atoms. The Morgan fingerprint density at radius 2 is 1.85 bits per heavy atom. The summed E-state index contributed by atoms with van der Waals surface area (Å²) < 4.78 is 43.0. The zero-order valence-corrected chi connectivity index (χ0v) is 14.9. The van der Waals surface area contributed by atoms with E-state index < -0.39 is 35.3 Å². The molecule has 0 aliphatic carbocycles. The molecular weight excluding hydrogens is 347 g/mol. The van der Waals surface area contributed by atoms with Gasteiger partial charge in [-0.2, -0.15) is 8.78 Å². The van der Waals surface area contributed by atoms with Gasteiger partial charge in [0.2, 0.25) is 0 Å². The van der Waals surface area contributed by atoms with Gasteiger partial charge >= 0.3 is 5.92 Å². The summed E-state index contributed by atoms with van der Waals surface area (Å²) in [4.78, 5) is 24.0. The van der Waals surface area contributed by atoms with Crippen molar-refractivity contribution in [2.24, 2.45) is 7.05 Å². The number of hydrogen-bond donors (Lipinski definition) is 2. The lowest BCUT2D eigenvalue weighted by Crippen LogP contribution is -2.42. The molecule has 1 aromatic carbocycles. The maximum atomic E-state index is 14.4. The summed E-state index contributed by atoms with van der Waals surface area (Å²) in [6, 6.07) is 4.52. The second-order valence-corrected chi connectivity index (χ2v) is 6.35. The molecule has 0 spiro atoms. The lowest BCUT2D eigenvalue weighted by atomic mass is 10.1. The van der Waals surface area contributed by atoms with Gasteiger partial charge in [-0.15, -0.1) is 0 Å². The lowest BCUT2D eigenvalue weighted by molar-refractivity contribution is -0.148. The highest BCUT2D eigenvalue weighted by Gasteiger charge is 2.43. The van der Waals surface area contributed by atoms with Gasteiger partial charge in [-0.1, -0.05) is 0 Å². The number of carbonyl (C=O) groups excluding carboxylic acids is 2. The number of aromatic nitrogens is 1. The Morgan fingerprint density at radius 1 is 1.19 bits per heavy atom. The molecule has 2 rings (SSSR count). The van der Waals surface area contributed by atoms with Crippen LogP contribution in [-0.4, -0.2) is 22.4 Å². The van der Waals surface area contributed by atoms with E-state index in [1.165, 1.54) is 31.4 Å². The predicted molar refractivity (Wildman–Crippen MR) is 91.7 cm³/mol. The SMILES string of the molecule is Cc1cc(NC(=O)c2cc(C(F)(F)C(=O)NC(C)C)n(C)c2)ccc1F. The fraction of sp³-hybridized carbons (Fsp3) is 0.333. The summed E-state index contributed by atoms with van der Waals surface area (Å²) in [5, 5.41) is 4.68. The number of rotatable bonds is 5. The van der Waals surface area contributed by atoms with Crippen molar-refractivity contribution in [3.05, 3.63) is 53.1 Å². The minimum Gasteiger partial charge on any atom is -0.348 e. The zero-order valence-electron chi connectivity index (χ0n) is 14.9. The predicted octanol–water partition coefficient (Wildman–Crippen LogP) is 3.34. The Morgan fingerprint density at radius 3 is 2.42 bits per heavy atom. The summed E-state index contributed by atoms with van der Waals surface area (Å²) in [6.45, 7) is 4.69. The number of amides is 2. The Bertz CT molecular complexity index is 844. The maximum absolute atomic E-state index is 14.4. The van der Waals surface area contributed by atoms with Crippen LogP contribution in [0.2, 0.25) is 0 Å². The summed E-state index contributed by atoms with van der Waals surface area (Å²) in [5.41, 5.74) is 0.0367. The molecule has 0 atom stereocenters. The van der Waals surface area contributed by atoms with Crippen LogP contribution in [0.15, 0.2) is 30.5 Å². The molecule has 0 saturated heterocycles. The van der Waals surface area contributed by atoms with E-state index in [0.29, 0.717) is 11.3 Å². The van der Waals surface area contributed by atoms with Gasteiger partial charge in [0, 0.05) is 25.0 Å². The third kappa shape index (κ3) is 4.07. The van der Waals surface area contributed by atoms with Gasteiger partial charge in [0.15, 0.2) is 0 Å². The highest BCUT2D eigenvalue weighted by molar-refractivity contribution is 6.04. The van der Waals surface area contributed by atoms with Crippen LogP contribution in [0.25, 0.3) is 0 Å². The van der Waals surface area contributed by atoms with Crippen LogP contribution in [0.5, 0.6) is 0 Å². The molecule has 0 aliphatic rings. The van der Waals surface area contributed by atoms with Gasteiger partial charge in [-0.25, -0.2) is 4.39 Å². The maximum Gasteiger partial charge on any atom is 0.364 e. The first-order valence-corrected chi connectivity index (χ1v) is 7.95. The van der Waals surface area contributed by atoms with Crippen molar-refractivity contribution in [1.29, 1.82) is 0 Å². The molecule has 2 amide bonds. The van der Waals surface area contributed by atoms with Crippen molar-refractivity contribution in [1.82, 2.24) is 9.88 Å². The van der Waals surface area contributed by atoms with Gasteiger partial charge in [-0.05, 0) is 50.6 Å². The van der Waals surface area contributed by atoms with Crippen LogP contribution in [0.4, 0.5) is 18.9 Å². The van der Waals surface area contributed by atoms with Crippen LogP contribution >= 0.6 is 0 Å². The van der Waals surface area contributed by atoms with E-state index in [1.807, 2.05) is 0 Å². The van der Waals surface area contributed by atoms with Crippen LogP contribution < -0.4 is 10.6 Å². The number of alkyl halides is 2. The molecule has 2 aromatic rings. The third-order valence-corrected chi connectivity index (χ3v) is 3.71. The van der Waals surface area contributed by atoms with Gasteiger partial charge < -0.3 is 15.2 Å². The number of aryl methyl sites for hydroxylation is 2. The van der Waals surface area contributed by atoms with Crippen LogP contribution in [0.1, 0.15) is 35.5 Å². The van der Waals surface area contributed by atoms with Gasteiger partial charge in [-0.3, -0.25) is 9.59 Å². The minimum atomic E-state index is -3.79. The highest BCUT2D eigenvalue weighted by atomic mass is 19.3. The molecule has 8 heteroatoms. The van der Waals surface area contributed by atoms with Crippen molar-refractivity contribution in [3.8, 4) is 0 Å². The lowest BCUT2D eigenvalue weighted by Gasteiger charge is -2.18. The smallest absolute Gasteiger partial charge is 0.348 e. The van der Waals surface area contributed by atoms with E-state index in [2.05, 4.69) is 10.6 Å². The fourth-order valence-corrected chi connectivity index (χ4v) is 2.40. The van der Waals surface area contributed by atoms with Gasteiger partial charge in [0.05, 0.1) is 11.3 Å². The standard InChI is InChI=1S/C18H20F3N3O2/c1-10(2)22-17(26)18(20,21)15-8-12(9-24(15)4)16(25)23-13-5-6-14(19)11(3)7-13/h5-10H,1-4H3,(H,22,26)(H,23,25). The second kappa shape index (κ2) is 7.23. The van der Waals surface area contributed by atoms with Crippen molar-refractivity contribution in [2.75, 3.05) is 5.32 Å². The first kappa shape index (κ1) is 19.6. The molecule has 0 fully saturated rings. The summed E-state index contributed by atoms with van der Waals surface area (Å²) >= 11 is 0. The second-order valence-electron chi connectivity index (χ2n) is 6.35. The largest absolute Gasteiger partial charge is 0.364 e. The topological polar surface area (TPSA) is 63.1 Å². The molecule has 0 unspecified atom stereocenters. The average Bonchev–Trinajstić information content (AvgIpc) is 2.93. The van der Waals surface area contributed by atoms with E-state index in [1.54, 1.807) is 20.8 Å². The molecule has 1 heterocycles. The Labute approximate surface area is 149 Å². The van der Waals surface area contributed by atoms with E-state index in [9.17, 15) is 22.8 Å². The van der Waals surface area contributed by atoms with E-state index >= 15 is 0 Å². The zero-order chi connectivity index (χ0) is 19.6. The van der Waals surface area contributed by atoms with Crippen molar-refractivity contribution in [2.45, 2.75) is 32.7 Å². The number of anilines is 1. The number of nitrogens with zero attached hydrogens (tertiary/aromatic N) is 1. The molecule has 5 nitrogen and oxygen atoms in total. The highest BCUT2D eigenvalue weighted by Crippen LogP contribution is 2.30. The summed E-state index contributed by atoms with van der Waals surface area (Å²) in [6.07, 6.45) is 1.21. The number of halogens is 3. The first-order chi connectivity index (χ1) is 12.0. The third-order valence-electron chi connectivity index (χ3n) is 3.71. The fourth-order valence-electron chi connectivity index (χ4n) is 2.40. The molecule has 0 radical (unpaired) electrons. The van der Waals surface area contributed by atoms with Crippen molar-refractivity contribution < 1.29 is 22.8 Å².